The predicted octanol–water partition coefficient (Wildman–Crippen LogP) is 1.45. The Morgan fingerprint density at radius 2 is 1.47 bits per heavy atom. The monoisotopic (exact) mass is 660 g/mol. The Hall–Kier alpha value is -3.73. The Morgan fingerprint density at radius 3 is 2.09 bits per heavy atom. The van der Waals surface area contributed by atoms with Crippen molar-refractivity contribution in [3.8, 4) is 34.3 Å². The van der Waals surface area contributed by atoms with Crippen molar-refractivity contribution < 1.29 is 63.8 Å². The van der Waals surface area contributed by atoms with Gasteiger partial charge < -0.3 is 63.8 Å². The van der Waals surface area contributed by atoms with E-state index in [2.05, 4.69) is 0 Å². The minimum Gasteiger partial charge on any atom is -0.507 e. The number of hydrogen-bond donors (Lipinski definition) is 7. The first-order valence-electron chi connectivity index (χ1n) is 15.1. The third-order valence-corrected chi connectivity index (χ3v) is 8.37. The van der Waals surface area contributed by atoms with Crippen LogP contribution in [-0.2, 0) is 20.6 Å². The summed E-state index contributed by atoms with van der Waals surface area (Å²) in [4.78, 5) is 14.2. The highest BCUT2D eigenvalue weighted by atomic mass is 16.8. The average Bonchev–Trinajstić information content (AvgIpc) is 3.03. The Labute approximate surface area is 269 Å². The molecule has 0 aliphatic carbocycles. The van der Waals surface area contributed by atoms with Crippen molar-refractivity contribution >= 4 is 11.0 Å². The number of rotatable bonds is 8. The molecule has 7 N–H and O–H groups in total. The minimum absolute atomic E-state index is 0.0929. The van der Waals surface area contributed by atoms with Gasteiger partial charge in [0, 0.05) is 17.2 Å². The van der Waals surface area contributed by atoms with Crippen LogP contribution in [0, 0.1) is 0 Å². The van der Waals surface area contributed by atoms with E-state index in [0.29, 0.717) is 11.3 Å². The van der Waals surface area contributed by atoms with Gasteiger partial charge in [0.05, 0.1) is 19.3 Å². The molecule has 256 valence electrons. The number of phenols is 2. The summed E-state index contributed by atoms with van der Waals surface area (Å²) in [6, 6.07) is 7.43. The maximum absolute atomic E-state index is 14.2. The summed E-state index contributed by atoms with van der Waals surface area (Å²) in [5.74, 6) is -0.987. The van der Waals surface area contributed by atoms with E-state index < -0.39 is 78.3 Å². The number of ether oxygens (including phenoxy) is 5. The Morgan fingerprint density at radius 1 is 0.851 bits per heavy atom. The first-order chi connectivity index (χ1) is 22.2. The lowest BCUT2D eigenvalue weighted by molar-refractivity contribution is -0.352. The molecule has 0 saturated carbocycles. The fourth-order valence-corrected chi connectivity index (χ4v) is 5.55. The highest BCUT2D eigenvalue weighted by Gasteiger charge is 2.50. The summed E-state index contributed by atoms with van der Waals surface area (Å²) in [7, 11) is 1.48. The molecule has 3 aromatic rings. The Bertz CT molecular complexity index is 1660. The number of aliphatic hydroxyl groups is 5. The third-order valence-electron chi connectivity index (χ3n) is 8.37. The fourth-order valence-electron chi connectivity index (χ4n) is 5.55. The molecule has 10 atom stereocenters. The summed E-state index contributed by atoms with van der Waals surface area (Å²) < 4.78 is 34.9. The van der Waals surface area contributed by atoms with Crippen LogP contribution in [0.5, 0.6) is 23.0 Å². The van der Waals surface area contributed by atoms with Gasteiger partial charge in [0.25, 0.3) is 0 Å². The molecule has 14 nitrogen and oxygen atoms in total. The molecule has 2 aliphatic heterocycles. The van der Waals surface area contributed by atoms with Gasteiger partial charge in [-0.15, -0.1) is 0 Å². The second-order valence-electron chi connectivity index (χ2n) is 12.0. The fraction of sp³-hybridized carbons (Fsp3) is 0.485. The molecule has 3 heterocycles. The topological polar surface area (TPSA) is 218 Å². The van der Waals surface area contributed by atoms with Crippen molar-refractivity contribution in [1.29, 1.82) is 0 Å². The lowest BCUT2D eigenvalue weighted by Crippen LogP contribution is -2.63. The number of hydrogen-bond acceptors (Lipinski definition) is 14. The van der Waals surface area contributed by atoms with Gasteiger partial charge in [0.2, 0.25) is 17.5 Å². The van der Waals surface area contributed by atoms with Crippen molar-refractivity contribution in [2.75, 3.05) is 7.11 Å². The number of fused-ring (bicyclic) bond motifs is 1. The van der Waals surface area contributed by atoms with Crippen molar-refractivity contribution in [1.82, 2.24) is 0 Å². The average molecular weight is 661 g/mol. The van der Waals surface area contributed by atoms with Crippen LogP contribution in [0.1, 0.15) is 33.3 Å². The van der Waals surface area contributed by atoms with E-state index in [1.54, 1.807) is 24.3 Å². The van der Waals surface area contributed by atoms with Crippen LogP contribution >= 0.6 is 0 Å². The van der Waals surface area contributed by atoms with Gasteiger partial charge in [0.15, 0.2) is 18.2 Å². The highest BCUT2D eigenvalue weighted by molar-refractivity contribution is 5.91. The van der Waals surface area contributed by atoms with Crippen LogP contribution in [0.3, 0.4) is 0 Å². The molecule has 1 aromatic heterocycles. The smallest absolute Gasteiger partial charge is 0.239 e. The maximum atomic E-state index is 14.2. The predicted molar refractivity (Wildman–Crippen MR) is 165 cm³/mol. The van der Waals surface area contributed by atoms with E-state index in [1.165, 1.54) is 21.0 Å². The summed E-state index contributed by atoms with van der Waals surface area (Å²) in [5, 5.41) is 74.0. The number of aromatic hydroxyl groups is 2. The molecule has 10 unspecified atom stereocenters. The molecule has 2 aliphatic rings. The van der Waals surface area contributed by atoms with Crippen molar-refractivity contribution in [2.45, 2.75) is 95.5 Å². The molecule has 2 saturated heterocycles. The molecule has 14 heteroatoms. The number of aliphatic hydroxyl groups excluding tert-OH is 5. The van der Waals surface area contributed by atoms with Crippen LogP contribution in [0.2, 0.25) is 0 Å². The van der Waals surface area contributed by atoms with Crippen molar-refractivity contribution in [2.24, 2.45) is 0 Å². The van der Waals surface area contributed by atoms with Crippen LogP contribution in [0.25, 0.3) is 22.3 Å². The van der Waals surface area contributed by atoms with Gasteiger partial charge in [-0.25, -0.2) is 0 Å². The third kappa shape index (κ3) is 6.68. The van der Waals surface area contributed by atoms with Crippen LogP contribution in [-0.4, -0.2) is 104 Å². The van der Waals surface area contributed by atoms with Gasteiger partial charge in [-0.2, -0.15) is 0 Å². The first-order valence-corrected chi connectivity index (χ1v) is 15.1. The lowest BCUT2D eigenvalue weighted by atomic mass is 9.98. The standard InChI is InChI=1S/C33H40O14/c1-13(2)6-11-18-19(34)12-20(35)21-24(38)30(28(45-29(18)21)16-7-9-17(42-5)10-8-16)46-33-31(26(40)23(37)15(4)44-33)47-32-27(41)25(39)22(36)14(3)43-32/h6-10,12,14-15,22-23,25-27,31-37,39-41H,11H2,1-5H3. The highest BCUT2D eigenvalue weighted by Crippen LogP contribution is 2.41. The molecular weight excluding hydrogens is 620 g/mol. The molecule has 0 radical (unpaired) electrons. The van der Waals surface area contributed by atoms with Gasteiger partial charge in [-0.1, -0.05) is 11.6 Å². The number of methoxy groups -OCH3 is 1. The number of benzene rings is 2. The van der Waals surface area contributed by atoms with E-state index >= 15 is 0 Å². The molecular formula is C33H40O14. The first kappa shape index (κ1) is 34.6. The molecule has 5 rings (SSSR count). The van der Waals surface area contributed by atoms with Gasteiger partial charge in [0.1, 0.15) is 58.7 Å². The summed E-state index contributed by atoms with van der Waals surface area (Å²) in [6.45, 7) is 6.61. The number of allylic oxidation sites excluding steroid dienone is 2. The number of phenolic OH excluding ortho intramolecular Hbond substituents is 2. The maximum Gasteiger partial charge on any atom is 0.239 e. The second kappa shape index (κ2) is 13.8. The van der Waals surface area contributed by atoms with E-state index in [0.717, 1.165) is 11.6 Å². The van der Waals surface area contributed by atoms with Crippen LogP contribution < -0.4 is 14.9 Å². The lowest BCUT2D eigenvalue weighted by Gasteiger charge is -2.45. The summed E-state index contributed by atoms with van der Waals surface area (Å²) >= 11 is 0. The minimum atomic E-state index is -1.77. The van der Waals surface area contributed by atoms with Crippen LogP contribution in [0.4, 0.5) is 0 Å². The van der Waals surface area contributed by atoms with Crippen LogP contribution in [0.15, 0.2) is 51.2 Å². The van der Waals surface area contributed by atoms with Crippen molar-refractivity contribution in [3.63, 3.8) is 0 Å². The van der Waals surface area contributed by atoms with Crippen molar-refractivity contribution in [3.05, 3.63) is 57.8 Å². The molecule has 0 amide bonds. The zero-order valence-electron chi connectivity index (χ0n) is 26.4. The molecule has 2 aromatic carbocycles. The molecule has 47 heavy (non-hydrogen) atoms. The van der Waals surface area contributed by atoms with Gasteiger partial charge >= 0.3 is 0 Å². The van der Waals surface area contributed by atoms with E-state index in [9.17, 15) is 40.5 Å². The van der Waals surface area contributed by atoms with Gasteiger partial charge in [-0.3, -0.25) is 4.79 Å². The summed E-state index contributed by atoms with van der Waals surface area (Å²) in [5.41, 5.74) is 0.546. The quantitative estimate of drug-likeness (QED) is 0.170. The van der Waals surface area contributed by atoms with Gasteiger partial charge in [-0.05, 0) is 58.4 Å². The Kier molecular flexibility index (Phi) is 10.1. The molecule has 0 spiro atoms. The molecule has 0 bridgehead atoms. The zero-order valence-corrected chi connectivity index (χ0v) is 26.4. The Balaban J connectivity index is 1.65. The zero-order chi connectivity index (χ0) is 34.3. The molecule has 2 fully saturated rings. The SMILES string of the molecule is COc1ccc(-c2oc3c(CC=C(C)C)c(O)cc(O)c3c(=O)c2OC2OC(C)C(O)C(O)C2OC2OC(C)C(O)C(O)C2O)cc1. The van der Waals surface area contributed by atoms with E-state index in [1.807, 2.05) is 19.9 Å². The summed E-state index contributed by atoms with van der Waals surface area (Å²) in [6.07, 6.45) is -13.0. The van der Waals surface area contributed by atoms with E-state index in [-0.39, 0.29) is 34.5 Å². The van der Waals surface area contributed by atoms with E-state index in [4.69, 9.17) is 28.1 Å². The second-order valence-corrected chi connectivity index (χ2v) is 12.0. The largest absolute Gasteiger partial charge is 0.507 e. The normalized spacial score (nSPS) is 31.0.